The number of benzene rings is 2. The molecule has 1 saturated heterocycles. The van der Waals surface area contributed by atoms with Gasteiger partial charge in [-0.2, -0.15) is 8.78 Å². The highest BCUT2D eigenvalue weighted by Gasteiger charge is 2.32. The van der Waals surface area contributed by atoms with Crippen LogP contribution in [-0.4, -0.2) is 58.4 Å². The third-order valence-corrected chi connectivity index (χ3v) is 6.74. The van der Waals surface area contributed by atoms with Crippen molar-refractivity contribution in [2.24, 2.45) is 5.10 Å². The maximum Gasteiger partial charge on any atom is 0.573 e. The summed E-state index contributed by atoms with van der Waals surface area (Å²) in [4.78, 5) is 15.8. The fraction of sp³-hybridized carbons (Fsp3) is 0.364. The Labute approximate surface area is 209 Å². The summed E-state index contributed by atoms with van der Waals surface area (Å²) in [6.07, 6.45) is -9.06. The number of anilines is 1. The van der Waals surface area contributed by atoms with Gasteiger partial charge in [-0.3, -0.25) is 14.5 Å². The Bertz CT molecular complexity index is 1200. The van der Waals surface area contributed by atoms with Crippen molar-refractivity contribution in [3.8, 4) is 5.75 Å². The molecule has 0 saturated carbocycles. The number of carbonyl (C=O) groups is 1. The average molecular weight is 550 g/mol. The van der Waals surface area contributed by atoms with Crippen LogP contribution in [0.4, 0.5) is 36.8 Å². The van der Waals surface area contributed by atoms with E-state index in [4.69, 9.17) is 4.74 Å². The third kappa shape index (κ3) is 6.64. The van der Waals surface area contributed by atoms with Gasteiger partial charge >= 0.3 is 18.8 Å². The number of nitrogens with one attached hydrogen (secondary N) is 1. The lowest BCUT2D eigenvalue weighted by Gasteiger charge is -2.33. The lowest BCUT2D eigenvalue weighted by atomic mass is 10.1. The van der Waals surface area contributed by atoms with Gasteiger partial charge in [-0.25, -0.2) is 9.18 Å². The van der Waals surface area contributed by atoms with Gasteiger partial charge in [-0.05, 0) is 18.2 Å². The molecule has 15 heteroatoms. The summed E-state index contributed by atoms with van der Waals surface area (Å²) in [6.45, 7) is -0.0731. The summed E-state index contributed by atoms with van der Waals surface area (Å²) >= 11 is 0. The Morgan fingerprint density at radius 3 is 2.57 bits per heavy atom. The summed E-state index contributed by atoms with van der Waals surface area (Å²) in [5.74, 6) is -1.76. The van der Waals surface area contributed by atoms with Crippen LogP contribution >= 0.6 is 0 Å². The molecule has 1 N–H and O–H groups in total. The maximum absolute atomic E-state index is 15.1. The molecule has 8 nitrogen and oxygen atoms in total. The number of alkyl halides is 5. The normalized spacial score (nSPS) is 18.3. The number of hydrogen-bond donors (Lipinski definition) is 1. The van der Waals surface area contributed by atoms with Crippen LogP contribution in [0, 0.1) is 5.82 Å². The Morgan fingerprint density at radius 2 is 1.95 bits per heavy atom. The average Bonchev–Trinajstić information content (AvgIpc) is 3.33. The van der Waals surface area contributed by atoms with Crippen molar-refractivity contribution in [1.29, 1.82) is 0 Å². The number of rotatable bonds is 6. The summed E-state index contributed by atoms with van der Waals surface area (Å²) in [6, 6.07) is 7.77. The highest BCUT2D eigenvalue weighted by molar-refractivity contribution is 7.85. The summed E-state index contributed by atoms with van der Waals surface area (Å²) in [5.41, 5.74) is 2.48. The molecule has 0 radical (unpaired) electrons. The van der Waals surface area contributed by atoms with Crippen molar-refractivity contribution in [3.05, 3.63) is 59.4 Å². The molecule has 200 valence electrons. The number of amides is 2. The van der Waals surface area contributed by atoms with E-state index in [9.17, 15) is 31.0 Å². The molecule has 37 heavy (non-hydrogen) atoms. The summed E-state index contributed by atoms with van der Waals surface area (Å²) in [5, 5.41) is 3.35. The van der Waals surface area contributed by atoms with Gasteiger partial charge in [0.2, 0.25) is 6.23 Å². The lowest BCUT2D eigenvalue weighted by Crippen LogP contribution is -2.48. The molecule has 2 heterocycles. The van der Waals surface area contributed by atoms with E-state index in [2.05, 4.69) is 15.3 Å². The number of ether oxygens (including phenoxy) is 2. The second-order valence-electron chi connectivity index (χ2n) is 7.98. The highest BCUT2D eigenvalue weighted by Crippen LogP contribution is 2.30. The largest absolute Gasteiger partial charge is 0.573 e. The van der Waals surface area contributed by atoms with E-state index in [1.807, 2.05) is 0 Å². The first kappa shape index (κ1) is 26.6. The van der Waals surface area contributed by atoms with Crippen LogP contribution in [0.5, 0.6) is 5.75 Å². The topological polar surface area (TPSA) is 83.5 Å². The van der Waals surface area contributed by atoms with Crippen LogP contribution in [0.3, 0.4) is 0 Å². The first-order chi connectivity index (χ1) is 17.5. The number of nitrogens with zero attached hydrogens (tertiary/aromatic N) is 3. The van der Waals surface area contributed by atoms with Gasteiger partial charge in [-0.1, -0.05) is 18.2 Å². The monoisotopic (exact) mass is 550 g/mol. The smallest absolute Gasteiger partial charge is 0.446 e. The Hall–Kier alpha value is -3.49. The third-order valence-electron chi connectivity index (χ3n) is 5.47. The standard InChI is InChI=1S/C22H20F6N4O4S/c23-17-10-13(19-29-30-20(35-19)18(24)25)4-5-14(17)12-32(21(33)31-6-8-37(34)9-7-31)15-2-1-3-16(11-15)36-22(26,27)28/h1-5,10-11,18-19,29H,6-9,12H2. The predicted molar refractivity (Wildman–Crippen MR) is 121 cm³/mol. The van der Waals surface area contributed by atoms with Gasteiger partial charge in [0.25, 0.3) is 5.90 Å². The zero-order valence-corrected chi connectivity index (χ0v) is 19.7. The molecule has 4 rings (SSSR count). The van der Waals surface area contributed by atoms with Crippen molar-refractivity contribution < 1.29 is 44.8 Å². The van der Waals surface area contributed by atoms with Crippen LogP contribution in [0.25, 0.3) is 0 Å². The van der Waals surface area contributed by atoms with Crippen molar-refractivity contribution in [2.45, 2.75) is 25.6 Å². The van der Waals surface area contributed by atoms with E-state index >= 15 is 4.39 Å². The van der Waals surface area contributed by atoms with Crippen LogP contribution in [-0.2, 0) is 22.1 Å². The van der Waals surface area contributed by atoms with E-state index < -0.39 is 53.3 Å². The molecule has 0 aromatic heterocycles. The fourth-order valence-corrected chi connectivity index (χ4v) is 4.73. The molecular formula is C22H20F6N4O4S. The molecule has 2 aromatic carbocycles. The minimum atomic E-state index is -4.96. The molecule has 2 aliphatic rings. The first-order valence-electron chi connectivity index (χ1n) is 10.8. The Morgan fingerprint density at radius 1 is 1.22 bits per heavy atom. The van der Waals surface area contributed by atoms with E-state index in [1.54, 1.807) is 0 Å². The Balaban J connectivity index is 1.59. The molecule has 2 aliphatic heterocycles. The molecule has 1 fully saturated rings. The summed E-state index contributed by atoms with van der Waals surface area (Å²) < 4.78 is 99.4. The van der Waals surface area contributed by atoms with E-state index in [1.165, 1.54) is 29.2 Å². The molecule has 1 atom stereocenters. The molecule has 0 aliphatic carbocycles. The van der Waals surface area contributed by atoms with Gasteiger partial charge in [0.15, 0.2) is 0 Å². The van der Waals surface area contributed by atoms with Gasteiger partial charge in [0.1, 0.15) is 11.6 Å². The van der Waals surface area contributed by atoms with Crippen molar-refractivity contribution in [1.82, 2.24) is 10.3 Å². The summed E-state index contributed by atoms with van der Waals surface area (Å²) in [7, 11) is -1.09. The van der Waals surface area contributed by atoms with E-state index in [0.717, 1.165) is 23.1 Å². The predicted octanol–water partition coefficient (Wildman–Crippen LogP) is 4.11. The van der Waals surface area contributed by atoms with Crippen molar-refractivity contribution in [3.63, 3.8) is 0 Å². The van der Waals surface area contributed by atoms with Crippen molar-refractivity contribution >= 4 is 28.4 Å². The second kappa shape index (κ2) is 10.9. The van der Waals surface area contributed by atoms with E-state index in [0.29, 0.717) is 0 Å². The van der Waals surface area contributed by atoms with Crippen LogP contribution in [0.15, 0.2) is 47.6 Å². The van der Waals surface area contributed by atoms with Gasteiger partial charge in [0.05, 0.1) is 6.54 Å². The van der Waals surface area contributed by atoms with Crippen LogP contribution < -0.4 is 15.1 Å². The SMILES string of the molecule is O=C(N1CCS(=O)CC1)N(Cc1ccc(C2NN=C(C(F)F)O2)cc1F)c1cccc(OC(F)(F)F)c1. The lowest BCUT2D eigenvalue weighted by molar-refractivity contribution is -0.274. The zero-order chi connectivity index (χ0) is 26.7. The molecule has 2 amide bonds. The molecule has 1 unspecified atom stereocenters. The first-order valence-corrected chi connectivity index (χ1v) is 12.3. The number of hydrogen-bond acceptors (Lipinski definition) is 6. The number of halogens is 6. The molecular weight excluding hydrogens is 530 g/mol. The maximum atomic E-state index is 15.1. The van der Waals surface area contributed by atoms with Gasteiger partial charge < -0.3 is 14.4 Å². The van der Waals surface area contributed by atoms with Crippen LogP contribution in [0.2, 0.25) is 0 Å². The number of hydrazone groups is 1. The molecule has 0 spiro atoms. The minimum Gasteiger partial charge on any atom is -0.446 e. The van der Waals surface area contributed by atoms with Gasteiger partial charge in [-0.15, -0.1) is 18.3 Å². The number of carbonyl (C=O) groups excluding carboxylic acids is 1. The van der Waals surface area contributed by atoms with E-state index in [-0.39, 0.29) is 48.0 Å². The molecule has 2 aromatic rings. The number of urea groups is 1. The quantitative estimate of drug-likeness (QED) is 0.548. The zero-order valence-electron chi connectivity index (χ0n) is 18.9. The minimum absolute atomic E-state index is 0.00664. The fourth-order valence-electron chi connectivity index (χ4n) is 3.68. The van der Waals surface area contributed by atoms with Crippen molar-refractivity contribution in [2.75, 3.05) is 29.5 Å². The van der Waals surface area contributed by atoms with Gasteiger partial charge in [0, 0.05) is 58.3 Å². The van der Waals surface area contributed by atoms with Crippen LogP contribution in [0.1, 0.15) is 17.4 Å². The second-order valence-corrected chi connectivity index (χ2v) is 9.67. The Kier molecular flexibility index (Phi) is 7.80. The highest BCUT2D eigenvalue weighted by atomic mass is 32.2. The molecule has 0 bridgehead atoms.